The molecule has 2 aromatic carbocycles. The molecule has 1 fully saturated rings. The summed E-state index contributed by atoms with van der Waals surface area (Å²) in [5.41, 5.74) is 1.03. The minimum Gasteiger partial charge on any atom is -0.299 e. The van der Waals surface area contributed by atoms with Crippen LogP contribution in [0.3, 0.4) is 0 Å². The zero-order valence-electron chi connectivity index (χ0n) is 16.3. The Morgan fingerprint density at radius 2 is 1.83 bits per heavy atom. The summed E-state index contributed by atoms with van der Waals surface area (Å²) in [6.45, 7) is 4.61. The molecule has 1 saturated heterocycles. The standard InChI is InChI=1S/C21H24FN3O2S2/c1-16(15-21-23-19-5-2-3-6-20(19)28-21)24-11-4-12-25(14-13-24)29(26,27)18-9-7-17(22)8-10-18/h2-3,5-10,16H,4,11-15H2,1H3/t16-/m0/s1. The van der Waals surface area contributed by atoms with Gasteiger partial charge in [-0.2, -0.15) is 4.31 Å². The summed E-state index contributed by atoms with van der Waals surface area (Å²) in [6.07, 6.45) is 1.62. The van der Waals surface area contributed by atoms with Crippen LogP contribution >= 0.6 is 11.3 Å². The van der Waals surface area contributed by atoms with Crippen LogP contribution in [0.1, 0.15) is 18.4 Å². The van der Waals surface area contributed by atoms with Gasteiger partial charge >= 0.3 is 0 Å². The highest BCUT2D eigenvalue weighted by molar-refractivity contribution is 7.89. The van der Waals surface area contributed by atoms with Crippen LogP contribution in [0.4, 0.5) is 4.39 Å². The molecule has 0 saturated carbocycles. The van der Waals surface area contributed by atoms with Gasteiger partial charge in [0, 0.05) is 32.1 Å². The van der Waals surface area contributed by atoms with Crippen molar-refractivity contribution in [3.8, 4) is 0 Å². The number of thiazole rings is 1. The summed E-state index contributed by atoms with van der Waals surface area (Å²) in [6, 6.07) is 13.5. The number of para-hydroxylation sites is 1. The Bertz CT molecular complexity index is 1050. The molecule has 0 amide bonds. The number of aromatic nitrogens is 1. The van der Waals surface area contributed by atoms with Crippen LogP contribution in [-0.2, 0) is 16.4 Å². The third kappa shape index (κ3) is 4.50. The Morgan fingerprint density at radius 3 is 2.59 bits per heavy atom. The maximum absolute atomic E-state index is 13.1. The second kappa shape index (κ2) is 8.47. The molecule has 0 unspecified atom stereocenters. The van der Waals surface area contributed by atoms with E-state index in [9.17, 15) is 12.8 Å². The van der Waals surface area contributed by atoms with Gasteiger partial charge in [0.05, 0.1) is 20.1 Å². The SMILES string of the molecule is C[C@@H](Cc1nc2ccccc2s1)N1CCCN(S(=O)(=O)c2ccc(F)cc2)CC1. The molecule has 3 aromatic rings. The van der Waals surface area contributed by atoms with Crippen LogP contribution < -0.4 is 0 Å². The predicted octanol–water partition coefficient (Wildman–Crippen LogP) is 3.76. The lowest BCUT2D eigenvalue weighted by Crippen LogP contribution is -2.39. The molecule has 29 heavy (non-hydrogen) atoms. The molecule has 0 N–H and O–H groups in total. The Labute approximate surface area is 174 Å². The van der Waals surface area contributed by atoms with Crippen molar-refractivity contribution >= 4 is 31.6 Å². The van der Waals surface area contributed by atoms with E-state index in [0.29, 0.717) is 19.6 Å². The Balaban J connectivity index is 1.42. The maximum Gasteiger partial charge on any atom is 0.243 e. The minimum atomic E-state index is -3.60. The van der Waals surface area contributed by atoms with Crippen LogP contribution in [0, 0.1) is 5.82 Å². The van der Waals surface area contributed by atoms with Crippen LogP contribution in [-0.4, -0.2) is 54.8 Å². The number of sulfonamides is 1. The van der Waals surface area contributed by atoms with Crippen molar-refractivity contribution in [3.05, 3.63) is 59.4 Å². The van der Waals surface area contributed by atoms with E-state index >= 15 is 0 Å². The molecule has 1 aliphatic rings. The summed E-state index contributed by atoms with van der Waals surface area (Å²) in [4.78, 5) is 7.21. The smallest absolute Gasteiger partial charge is 0.243 e. The first-order valence-corrected chi connectivity index (χ1v) is 12.0. The third-order valence-corrected chi connectivity index (χ3v) is 8.34. The molecule has 1 atom stereocenters. The molecule has 0 radical (unpaired) electrons. The van der Waals surface area contributed by atoms with Crippen molar-refractivity contribution in [2.75, 3.05) is 26.2 Å². The molecule has 1 aliphatic heterocycles. The lowest BCUT2D eigenvalue weighted by atomic mass is 10.2. The molecule has 4 rings (SSSR count). The monoisotopic (exact) mass is 433 g/mol. The average molecular weight is 434 g/mol. The number of fused-ring (bicyclic) bond motifs is 1. The zero-order chi connectivity index (χ0) is 20.4. The van der Waals surface area contributed by atoms with E-state index in [0.717, 1.165) is 29.9 Å². The van der Waals surface area contributed by atoms with Crippen molar-refractivity contribution in [3.63, 3.8) is 0 Å². The highest BCUT2D eigenvalue weighted by Crippen LogP contribution is 2.24. The molecule has 0 spiro atoms. The number of hydrogen-bond donors (Lipinski definition) is 0. The topological polar surface area (TPSA) is 53.5 Å². The fourth-order valence-corrected chi connectivity index (χ4v) is 6.30. The highest BCUT2D eigenvalue weighted by Gasteiger charge is 2.28. The molecule has 154 valence electrons. The number of nitrogens with zero attached hydrogens (tertiary/aromatic N) is 3. The average Bonchev–Trinajstić information content (AvgIpc) is 2.93. The van der Waals surface area contributed by atoms with E-state index in [1.807, 2.05) is 18.2 Å². The number of hydrogen-bond acceptors (Lipinski definition) is 5. The van der Waals surface area contributed by atoms with Gasteiger partial charge < -0.3 is 0 Å². The van der Waals surface area contributed by atoms with Crippen molar-refractivity contribution in [1.82, 2.24) is 14.2 Å². The summed E-state index contributed by atoms with van der Waals surface area (Å²) in [5, 5.41) is 1.11. The lowest BCUT2D eigenvalue weighted by molar-refractivity contribution is 0.218. The lowest BCUT2D eigenvalue weighted by Gasteiger charge is -2.27. The number of rotatable bonds is 5. The molecule has 0 bridgehead atoms. The number of halogens is 1. The predicted molar refractivity (Wildman–Crippen MR) is 114 cm³/mol. The Hall–Kier alpha value is -1.87. The van der Waals surface area contributed by atoms with Gasteiger partial charge in [-0.25, -0.2) is 17.8 Å². The van der Waals surface area contributed by atoms with Crippen LogP contribution in [0.15, 0.2) is 53.4 Å². The van der Waals surface area contributed by atoms with Gasteiger partial charge in [-0.05, 0) is 56.3 Å². The fraction of sp³-hybridized carbons (Fsp3) is 0.381. The Morgan fingerprint density at radius 1 is 1.07 bits per heavy atom. The quantitative estimate of drug-likeness (QED) is 0.615. The highest BCUT2D eigenvalue weighted by atomic mass is 32.2. The van der Waals surface area contributed by atoms with Crippen molar-refractivity contribution in [2.24, 2.45) is 0 Å². The van der Waals surface area contributed by atoms with E-state index < -0.39 is 15.8 Å². The molecular formula is C21H24FN3O2S2. The second-order valence-electron chi connectivity index (χ2n) is 7.38. The normalized spacial score (nSPS) is 18.0. The van der Waals surface area contributed by atoms with Crippen LogP contribution in [0.25, 0.3) is 10.2 Å². The summed E-state index contributed by atoms with van der Waals surface area (Å²) < 4.78 is 41.7. The summed E-state index contributed by atoms with van der Waals surface area (Å²) in [5.74, 6) is -0.435. The molecule has 8 heteroatoms. The fourth-order valence-electron chi connectivity index (χ4n) is 3.74. The van der Waals surface area contributed by atoms with Crippen molar-refractivity contribution < 1.29 is 12.8 Å². The third-order valence-electron chi connectivity index (χ3n) is 5.37. The van der Waals surface area contributed by atoms with Gasteiger partial charge in [-0.15, -0.1) is 11.3 Å². The first kappa shape index (κ1) is 20.4. The van der Waals surface area contributed by atoms with E-state index in [1.54, 1.807) is 11.3 Å². The van der Waals surface area contributed by atoms with E-state index in [-0.39, 0.29) is 10.9 Å². The Kier molecular flexibility index (Phi) is 5.96. The van der Waals surface area contributed by atoms with Gasteiger partial charge in [-0.1, -0.05) is 12.1 Å². The van der Waals surface area contributed by atoms with Crippen LogP contribution in [0.5, 0.6) is 0 Å². The van der Waals surface area contributed by atoms with Gasteiger partial charge in [0.25, 0.3) is 0 Å². The van der Waals surface area contributed by atoms with Gasteiger partial charge in [0.15, 0.2) is 0 Å². The first-order valence-electron chi connectivity index (χ1n) is 9.78. The second-order valence-corrected chi connectivity index (χ2v) is 10.4. The van der Waals surface area contributed by atoms with E-state index in [1.165, 1.54) is 33.3 Å². The molecule has 2 heterocycles. The maximum atomic E-state index is 13.1. The molecule has 1 aromatic heterocycles. The minimum absolute atomic E-state index is 0.148. The number of benzene rings is 2. The van der Waals surface area contributed by atoms with Crippen molar-refractivity contribution in [1.29, 1.82) is 0 Å². The van der Waals surface area contributed by atoms with E-state index in [2.05, 4.69) is 17.9 Å². The van der Waals surface area contributed by atoms with Gasteiger partial charge in [0.2, 0.25) is 10.0 Å². The zero-order valence-corrected chi connectivity index (χ0v) is 17.9. The van der Waals surface area contributed by atoms with Crippen LogP contribution in [0.2, 0.25) is 0 Å². The first-order chi connectivity index (χ1) is 13.9. The molecular weight excluding hydrogens is 409 g/mol. The summed E-state index contributed by atoms with van der Waals surface area (Å²) >= 11 is 1.72. The van der Waals surface area contributed by atoms with Gasteiger partial charge in [-0.3, -0.25) is 4.90 Å². The van der Waals surface area contributed by atoms with Crippen molar-refractivity contribution in [2.45, 2.75) is 30.7 Å². The van der Waals surface area contributed by atoms with Gasteiger partial charge in [0.1, 0.15) is 5.82 Å². The molecule has 0 aliphatic carbocycles. The summed E-state index contributed by atoms with van der Waals surface area (Å²) in [7, 11) is -3.60. The largest absolute Gasteiger partial charge is 0.299 e. The van der Waals surface area contributed by atoms with E-state index in [4.69, 9.17) is 4.98 Å². The molecule has 5 nitrogen and oxygen atoms in total.